The molecule has 0 radical (unpaired) electrons. The van der Waals surface area contributed by atoms with Crippen molar-refractivity contribution < 1.29 is 4.74 Å². The molecule has 17 heavy (non-hydrogen) atoms. The number of anilines is 1. The van der Waals surface area contributed by atoms with Gasteiger partial charge in [0.2, 0.25) is 0 Å². The molecule has 0 amide bonds. The van der Waals surface area contributed by atoms with Gasteiger partial charge < -0.3 is 9.64 Å². The number of likely N-dealkylation sites (N-methyl/N-ethyl adjacent to an activating group) is 1. The van der Waals surface area contributed by atoms with Crippen LogP contribution in [0.1, 0.15) is 25.3 Å². The van der Waals surface area contributed by atoms with E-state index in [0.29, 0.717) is 12.0 Å². The summed E-state index contributed by atoms with van der Waals surface area (Å²) in [5.41, 5.74) is 2.45. The van der Waals surface area contributed by atoms with Gasteiger partial charge in [0.1, 0.15) is 0 Å². The van der Waals surface area contributed by atoms with E-state index < -0.39 is 0 Å². The Morgan fingerprint density at radius 2 is 2.24 bits per heavy atom. The number of ether oxygens (including phenoxy) is 1. The molecule has 1 aliphatic heterocycles. The van der Waals surface area contributed by atoms with Crippen LogP contribution in [0.4, 0.5) is 5.69 Å². The highest BCUT2D eigenvalue weighted by atomic mass is 35.5. The van der Waals surface area contributed by atoms with Gasteiger partial charge >= 0.3 is 0 Å². The van der Waals surface area contributed by atoms with Gasteiger partial charge in [-0.05, 0) is 31.4 Å². The van der Waals surface area contributed by atoms with Crippen LogP contribution < -0.4 is 4.90 Å². The minimum atomic E-state index is 0.387. The van der Waals surface area contributed by atoms with Crippen LogP contribution in [0.25, 0.3) is 0 Å². The van der Waals surface area contributed by atoms with E-state index in [4.69, 9.17) is 16.3 Å². The van der Waals surface area contributed by atoms with Gasteiger partial charge in [0, 0.05) is 31.3 Å². The highest BCUT2D eigenvalue weighted by Gasteiger charge is 2.19. The highest BCUT2D eigenvalue weighted by Crippen LogP contribution is 2.24. The predicted molar refractivity (Wildman–Crippen MR) is 72.9 cm³/mol. The second-order valence-electron chi connectivity index (χ2n) is 4.44. The van der Waals surface area contributed by atoms with Crippen molar-refractivity contribution in [1.29, 1.82) is 0 Å². The number of nitrogens with zero attached hydrogens (tertiary/aromatic N) is 1. The van der Waals surface area contributed by atoms with Crippen molar-refractivity contribution in [2.75, 3.05) is 24.6 Å². The largest absolute Gasteiger partial charge is 0.376 e. The summed E-state index contributed by atoms with van der Waals surface area (Å²) in [6, 6.07) is 8.36. The number of hydrogen-bond acceptors (Lipinski definition) is 2. The molecule has 0 spiro atoms. The number of hydrogen-bond donors (Lipinski definition) is 0. The topological polar surface area (TPSA) is 12.5 Å². The Bertz CT molecular complexity index is 350. The third-order valence-corrected chi connectivity index (χ3v) is 3.59. The average Bonchev–Trinajstić information content (AvgIpc) is 2.89. The number of para-hydroxylation sites is 1. The number of halogens is 1. The van der Waals surface area contributed by atoms with Crippen LogP contribution in [-0.4, -0.2) is 25.8 Å². The molecule has 94 valence electrons. The fourth-order valence-electron chi connectivity index (χ4n) is 2.36. The van der Waals surface area contributed by atoms with Crippen molar-refractivity contribution >= 4 is 17.3 Å². The van der Waals surface area contributed by atoms with Crippen molar-refractivity contribution in [2.24, 2.45) is 0 Å². The summed E-state index contributed by atoms with van der Waals surface area (Å²) in [7, 11) is 0. The zero-order chi connectivity index (χ0) is 12.1. The van der Waals surface area contributed by atoms with E-state index in [0.717, 1.165) is 19.7 Å². The minimum Gasteiger partial charge on any atom is -0.376 e. The quantitative estimate of drug-likeness (QED) is 0.746. The normalized spacial score (nSPS) is 19.5. The maximum absolute atomic E-state index is 5.99. The maximum atomic E-state index is 5.99. The first-order chi connectivity index (χ1) is 8.35. The molecule has 2 nitrogen and oxygen atoms in total. The molecule has 0 bridgehead atoms. The Balaban J connectivity index is 2.10. The first-order valence-corrected chi connectivity index (χ1v) is 6.89. The third kappa shape index (κ3) is 3.14. The number of benzene rings is 1. The molecule has 0 aromatic heterocycles. The van der Waals surface area contributed by atoms with Crippen molar-refractivity contribution in [3.63, 3.8) is 0 Å². The molecule has 1 aromatic rings. The molecule has 0 aliphatic carbocycles. The van der Waals surface area contributed by atoms with Crippen LogP contribution >= 0.6 is 11.6 Å². The molecule has 1 heterocycles. The Morgan fingerprint density at radius 1 is 1.41 bits per heavy atom. The van der Waals surface area contributed by atoms with Gasteiger partial charge in [-0.3, -0.25) is 0 Å². The third-order valence-electron chi connectivity index (χ3n) is 3.31. The molecule has 1 fully saturated rings. The Labute approximate surface area is 109 Å². The molecule has 1 aliphatic rings. The second-order valence-corrected chi connectivity index (χ2v) is 4.70. The fraction of sp³-hybridized carbons (Fsp3) is 0.571. The van der Waals surface area contributed by atoms with Gasteiger partial charge in [-0.2, -0.15) is 0 Å². The van der Waals surface area contributed by atoms with E-state index in [1.54, 1.807) is 0 Å². The smallest absolute Gasteiger partial charge is 0.0750 e. The molecule has 0 N–H and O–H groups in total. The fourth-order valence-corrected chi connectivity index (χ4v) is 2.59. The molecule has 1 saturated heterocycles. The van der Waals surface area contributed by atoms with E-state index in [-0.39, 0.29) is 0 Å². The SMILES string of the molecule is CCN(CC1CCCO1)c1ccccc1CCl. The number of alkyl halides is 1. The Hall–Kier alpha value is -0.730. The first kappa shape index (κ1) is 12.7. The molecule has 1 unspecified atom stereocenters. The number of rotatable bonds is 5. The summed E-state index contributed by atoms with van der Waals surface area (Å²) in [4.78, 5) is 2.37. The van der Waals surface area contributed by atoms with Crippen molar-refractivity contribution in [3.05, 3.63) is 29.8 Å². The molecule has 0 saturated carbocycles. The summed E-state index contributed by atoms with van der Waals surface area (Å²) < 4.78 is 5.71. The van der Waals surface area contributed by atoms with Crippen molar-refractivity contribution in [1.82, 2.24) is 0 Å². The summed E-state index contributed by atoms with van der Waals surface area (Å²) in [6.45, 7) is 5.07. The van der Waals surface area contributed by atoms with E-state index in [2.05, 4.69) is 30.0 Å². The monoisotopic (exact) mass is 253 g/mol. The van der Waals surface area contributed by atoms with Gasteiger partial charge in [-0.1, -0.05) is 18.2 Å². The molecule has 1 atom stereocenters. The molecular formula is C14H20ClNO. The summed E-state index contributed by atoms with van der Waals surface area (Å²) in [6.07, 6.45) is 2.76. The zero-order valence-electron chi connectivity index (χ0n) is 10.4. The van der Waals surface area contributed by atoms with Crippen LogP contribution in [-0.2, 0) is 10.6 Å². The van der Waals surface area contributed by atoms with Gasteiger partial charge in [0.15, 0.2) is 0 Å². The lowest BCUT2D eigenvalue weighted by Crippen LogP contribution is -2.32. The van der Waals surface area contributed by atoms with Crippen LogP contribution in [0.3, 0.4) is 0 Å². The molecule has 2 rings (SSSR count). The van der Waals surface area contributed by atoms with Gasteiger partial charge in [-0.15, -0.1) is 11.6 Å². The van der Waals surface area contributed by atoms with Crippen molar-refractivity contribution in [3.8, 4) is 0 Å². The summed E-state index contributed by atoms with van der Waals surface area (Å²) >= 11 is 5.99. The standard InChI is InChI=1S/C14H20ClNO/c1-2-16(11-13-7-5-9-17-13)14-8-4-3-6-12(14)10-15/h3-4,6,8,13H,2,5,7,9-11H2,1H3. The maximum Gasteiger partial charge on any atom is 0.0750 e. The first-order valence-electron chi connectivity index (χ1n) is 6.35. The Kier molecular flexibility index (Phi) is 4.69. The van der Waals surface area contributed by atoms with E-state index in [1.807, 2.05) is 6.07 Å². The van der Waals surface area contributed by atoms with Crippen LogP contribution in [0.2, 0.25) is 0 Å². The van der Waals surface area contributed by atoms with Gasteiger partial charge in [0.25, 0.3) is 0 Å². The van der Waals surface area contributed by atoms with Crippen LogP contribution in [0.15, 0.2) is 24.3 Å². The second kappa shape index (κ2) is 6.27. The minimum absolute atomic E-state index is 0.387. The molecule has 3 heteroatoms. The zero-order valence-corrected chi connectivity index (χ0v) is 11.1. The van der Waals surface area contributed by atoms with E-state index in [9.17, 15) is 0 Å². The lowest BCUT2D eigenvalue weighted by Gasteiger charge is -2.27. The van der Waals surface area contributed by atoms with Crippen LogP contribution in [0, 0.1) is 0 Å². The predicted octanol–water partition coefficient (Wildman–Crippen LogP) is 3.43. The van der Waals surface area contributed by atoms with Gasteiger partial charge in [-0.25, -0.2) is 0 Å². The average molecular weight is 254 g/mol. The lowest BCUT2D eigenvalue weighted by atomic mass is 10.1. The Morgan fingerprint density at radius 3 is 2.88 bits per heavy atom. The highest BCUT2D eigenvalue weighted by molar-refractivity contribution is 6.17. The summed E-state index contributed by atoms with van der Waals surface area (Å²) in [5, 5.41) is 0. The van der Waals surface area contributed by atoms with Crippen molar-refractivity contribution in [2.45, 2.75) is 31.7 Å². The lowest BCUT2D eigenvalue weighted by molar-refractivity contribution is 0.115. The van der Waals surface area contributed by atoms with Crippen LogP contribution in [0.5, 0.6) is 0 Å². The van der Waals surface area contributed by atoms with Gasteiger partial charge in [0.05, 0.1) is 6.10 Å². The molecule has 1 aromatic carbocycles. The van der Waals surface area contributed by atoms with E-state index in [1.165, 1.54) is 24.1 Å². The summed E-state index contributed by atoms with van der Waals surface area (Å²) in [5.74, 6) is 0.568. The van der Waals surface area contributed by atoms with E-state index >= 15 is 0 Å². The molecular weight excluding hydrogens is 234 g/mol.